The van der Waals surface area contributed by atoms with Gasteiger partial charge in [-0.25, -0.2) is 13.2 Å². The Morgan fingerprint density at radius 1 is 1.25 bits per heavy atom. The number of halogens is 3. The van der Waals surface area contributed by atoms with Gasteiger partial charge in [-0.15, -0.1) is 0 Å². The molecular formula is C4H7F3S. The normalized spacial score (nSPS) is 18.0. The zero-order valence-electron chi connectivity index (χ0n) is 4.15. The lowest BCUT2D eigenvalue weighted by Gasteiger charge is -2.04. The Balaban J connectivity index is 3.29. The summed E-state index contributed by atoms with van der Waals surface area (Å²) in [6, 6.07) is 0. The fourth-order valence-corrected chi connectivity index (χ4v) is 0.440. The SMILES string of the molecule is FCC(F)C(F)CS. The van der Waals surface area contributed by atoms with Crippen molar-refractivity contribution in [3.8, 4) is 0 Å². The lowest BCUT2D eigenvalue weighted by Crippen LogP contribution is -2.20. The molecule has 0 radical (unpaired) electrons. The third-order valence-electron chi connectivity index (χ3n) is 0.714. The number of thiol groups is 1. The second-order valence-electron chi connectivity index (χ2n) is 1.37. The van der Waals surface area contributed by atoms with Crippen LogP contribution in [0.25, 0.3) is 0 Å². The number of rotatable bonds is 3. The van der Waals surface area contributed by atoms with Crippen molar-refractivity contribution in [2.75, 3.05) is 12.4 Å². The highest BCUT2D eigenvalue weighted by Crippen LogP contribution is 2.05. The molecule has 0 aliphatic carbocycles. The van der Waals surface area contributed by atoms with E-state index >= 15 is 0 Å². The zero-order valence-corrected chi connectivity index (χ0v) is 5.04. The van der Waals surface area contributed by atoms with Crippen LogP contribution in [0.2, 0.25) is 0 Å². The van der Waals surface area contributed by atoms with Crippen molar-refractivity contribution in [1.29, 1.82) is 0 Å². The van der Waals surface area contributed by atoms with Crippen LogP contribution in [0.3, 0.4) is 0 Å². The summed E-state index contributed by atoms with van der Waals surface area (Å²) in [5.41, 5.74) is 0. The zero-order chi connectivity index (χ0) is 6.57. The first-order chi connectivity index (χ1) is 3.72. The molecule has 0 N–H and O–H groups in total. The first kappa shape index (κ1) is 8.14. The summed E-state index contributed by atoms with van der Waals surface area (Å²) >= 11 is 3.43. The van der Waals surface area contributed by atoms with Crippen LogP contribution in [0.4, 0.5) is 13.2 Å². The quantitative estimate of drug-likeness (QED) is 0.571. The number of hydrogen-bond donors (Lipinski definition) is 1. The van der Waals surface area contributed by atoms with Gasteiger partial charge in [0.05, 0.1) is 0 Å². The highest BCUT2D eigenvalue weighted by Gasteiger charge is 2.17. The Bertz CT molecular complexity index is 51.2. The average Bonchev–Trinajstić information content (AvgIpc) is 1.84. The maximum Gasteiger partial charge on any atom is 0.160 e. The predicted molar refractivity (Wildman–Crippen MR) is 29.6 cm³/mol. The lowest BCUT2D eigenvalue weighted by atomic mass is 10.3. The van der Waals surface area contributed by atoms with E-state index in [9.17, 15) is 13.2 Å². The second kappa shape index (κ2) is 4.06. The summed E-state index contributed by atoms with van der Waals surface area (Å²) in [4.78, 5) is 0. The Labute approximate surface area is 51.5 Å². The molecule has 0 bridgehead atoms. The van der Waals surface area contributed by atoms with E-state index < -0.39 is 19.0 Å². The van der Waals surface area contributed by atoms with Crippen molar-refractivity contribution in [3.05, 3.63) is 0 Å². The van der Waals surface area contributed by atoms with E-state index in [1.807, 2.05) is 0 Å². The van der Waals surface area contributed by atoms with Gasteiger partial charge < -0.3 is 0 Å². The fraction of sp³-hybridized carbons (Fsp3) is 1.00. The van der Waals surface area contributed by atoms with Gasteiger partial charge in [0, 0.05) is 5.75 Å². The minimum Gasteiger partial charge on any atom is -0.248 e. The highest BCUT2D eigenvalue weighted by atomic mass is 32.1. The van der Waals surface area contributed by atoms with Gasteiger partial charge in [-0.1, -0.05) is 0 Å². The first-order valence-corrected chi connectivity index (χ1v) is 2.80. The molecule has 0 saturated heterocycles. The molecular weight excluding hydrogens is 137 g/mol. The van der Waals surface area contributed by atoms with Crippen molar-refractivity contribution in [1.82, 2.24) is 0 Å². The molecule has 0 rings (SSSR count). The van der Waals surface area contributed by atoms with E-state index in [1.54, 1.807) is 0 Å². The monoisotopic (exact) mass is 144 g/mol. The maximum atomic E-state index is 11.8. The maximum absolute atomic E-state index is 11.8. The van der Waals surface area contributed by atoms with E-state index in [-0.39, 0.29) is 5.75 Å². The van der Waals surface area contributed by atoms with Crippen molar-refractivity contribution >= 4 is 12.6 Å². The van der Waals surface area contributed by atoms with Crippen LogP contribution in [0.1, 0.15) is 0 Å². The van der Waals surface area contributed by atoms with Crippen molar-refractivity contribution < 1.29 is 13.2 Å². The van der Waals surface area contributed by atoms with Gasteiger partial charge in [-0.2, -0.15) is 12.6 Å². The molecule has 0 aromatic rings. The van der Waals surface area contributed by atoms with E-state index in [0.29, 0.717) is 0 Å². The molecule has 0 aromatic carbocycles. The average molecular weight is 144 g/mol. The summed E-state index contributed by atoms with van der Waals surface area (Å²) in [6.07, 6.45) is -3.75. The summed E-state index contributed by atoms with van der Waals surface area (Å²) in [5.74, 6) is -0.259. The van der Waals surface area contributed by atoms with E-state index in [1.165, 1.54) is 0 Å². The van der Waals surface area contributed by atoms with Crippen LogP contribution < -0.4 is 0 Å². The number of alkyl halides is 3. The van der Waals surface area contributed by atoms with Crippen molar-refractivity contribution in [2.45, 2.75) is 12.3 Å². The standard InChI is InChI=1S/C4H7F3S/c5-1-3(6)4(7)2-8/h3-4,8H,1-2H2. The van der Waals surface area contributed by atoms with Gasteiger partial charge in [-0.3, -0.25) is 0 Å². The van der Waals surface area contributed by atoms with Gasteiger partial charge in [-0.05, 0) is 0 Å². The Morgan fingerprint density at radius 3 is 1.88 bits per heavy atom. The summed E-state index contributed by atoms with van der Waals surface area (Å²) in [5, 5.41) is 0. The van der Waals surface area contributed by atoms with Crippen LogP contribution in [0.5, 0.6) is 0 Å². The van der Waals surface area contributed by atoms with Gasteiger partial charge in [0.1, 0.15) is 12.8 Å². The van der Waals surface area contributed by atoms with Gasteiger partial charge in [0.25, 0.3) is 0 Å². The van der Waals surface area contributed by atoms with Crippen molar-refractivity contribution in [2.24, 2.45) is 0 Å². The topological polar surface area (TPSA) is 0 Å². The largest absolute Gasteiger partial charge is 0.248 e. The fourth-order valence-electron chi connectivity index (χ4n) is 0.211. The number of hydrogen-bond acceptors (Lipinski definition) is 1. The molecule has 0 heterocycles. The molecule has 0 amide bonds. The highest BCUT2D eigenvalue weighted by molar-refractivity contribution is 7.80. The van der Waals surface area contributed by atoms with Crippen LogP contribution >= 0.6 is 12.6 Å². The lowest BCUT2D eigenvalue weighted by molar-refractivity contribution is 0.153. The third kappa shape index (κ3) is 2.45. The van der Waals surface area contributed by atoms with Crippen molar-refractivity contribution in [3.63, 3.8) is 0 Å². The molecule has 4 heteroatoms. The van der Waals surface area contributed by atoms with Crippen LogP contribution in [0, 0.1) is 0 Å². The minimum absolute atomic E-state index is 0.259. The van der Waals surface area contributed by atoms with Crippen LogP contribution in [0.15, 0.2) is 0 Å². The third-order valence-corrected chi connectivity index (χ3v) is 1.06. The van der Waals surface area contributed by atoms with Crippen LogP contribution in [-0.2, 0) is 0 Å². The molecule has 8 heavy (non-hydrogen) atoms. The van der Waals surface area contributed by atoms with E-state index in [2.05, 4.69) is 12.6 Å². The molecule has 0 fully saturated rings. The smallest absolute Gasteiger partial charge is 0.160 e. The Hall–Kier alpha value is 0.140. The predicted octanol–water partition coefficient (Wildman–Crippen LogP) is 1.56. The van der Waals surface area contributed by atoms with Gasteiger partial charge in [0.2, 0.25) is 0 Å². The van der Waals surface area contributed by atoms with E-state index in [4.69, 9.17) is 0 Å². The molecule has 0 spiro atoms. The molecule has 2 unspecified atom stereocenters. The molecule has 0 nitrogen and oxygen atoms in total. The minimum atomic E-state index is -1.99. The molecule has 50 valence electrons. The Kier molecular flexibility index (Phi) is 4.13. The molecule has 0 aliphatic rings. The molecule has 0 saturated carbocycles. The van der Waals surface area contributed by atoms with E-state index in [0.717, 1.165) is 0 Å². The second-order valence-corrected chi connectivity index (χ2v) is 1.73. The summed E-state index contributed by atoms with van der Waals surface area (Å²) < 4.78 is 34.7. The van der Waals surface area contributed by atoms with Gasteiger partial charge >= 0.3 is 0 Å². The van der Waals surface area contributed by atoms with Crippen LogP contribution in [-0.4, -0.2) is 24.8 Å². The van der Waals surface area contributed by atoms with Gasteiger partial charge in [0.15, 0.2) is 6.17 Å². The summed E-state index contributed by atoms with van der Waals surface area (Å²) in [6.45, 7) is -1.26. The first-order valence-electron chi connectivity index (χ1n) is 2.17. The molecule has 2 atom stereocenters. The summed E-state index contributed by atoms with van der Waals surface area (Å²) in [7, 11) is 0. The molecule has 0 aliphatic heterocycles. The Morgan fingerprint density at radius 2 is 1.75 bits per heavy atom. The molecule has 0 aromatic heterocycles.